The summed E-state index contributed by atoms with van der Waals surface area (Å²) in [5.41, 5.74) is 6.92. The van der Waals surface area contributed by atoms with Crippen molar-refractivity contribution in [2.45, 2.75) is 0 Å². The van der Waals surface area contributed by atoms with Gasteiger partial charge in [0, 0.05) is 21.8 Å². The Morgan fingerprint density at radius 3 is 1.49 bits per heavy atom. The largest absolute Gasteiger partial charge is 0.497 e. The van der Waals surface area contributed by atoms with Crippen molar-refractivity contribution in [2.24, 2.45) is 5.73 Å². The minimum atomic E-state index is -0.379. The number of nitrogens with one attached hydrogen (secondary N) is 1. The highest BCUT2D eigenvalue weighted by atomic mass is 35.5. The van der Waals surface area contributed by atoms with Crippen molar-refractivity contribution in [1.82, 2.24) is 0 Å². The molecule has 0 bridgehead atoms. The van der Waals surface area contributed by atoms with Crippen molar-refractivity contribution in [1.29, 1.82) is 0 Å². The molecule has 35 heavy (non-hydrogen) atoms. The average molecular weight is 491 g/mol. The number of carbonyl (C=O) groups is 2. The fourth-order valence-electron chi connectivity index (χ4n) is 2.64. The number of amides is 2. The van der Waals surface area contributed by atoms with E-state index >= 15 is 0 Å². The second kappa shape index (κ2) is 14.8. The molecule has 0 aliphatic heterocycles. The molecular weight excluding hydrogens is 464 g/mol. The van der Waals surface area contributed by atoms with Crippen LogP contribution in [0.3, 0.4) is 0 Å². The average Bonchev–Trinajstić information content (AvgIpc) is 2.91. The maximum absolute atomic E-state index is 11.8. The summed E-state index contributed by atoms with van der Waals surface area (Å²) in [5, 5.41) is 3.55. The third-order valence-corrected chi connectivity index (χ3v) is 4.74. The normalized spacial score (nSPS) is 9.34. The monoisotopic (exact) mass is 490 g/mol. The molecule has 2 amide bonds. The van der Waals surface area contributed by atoms with Crippen LogP contribution in [0, 0.1) is 0 Å². The van der Waals surface area contributed by atoms with Crippen LogP contribution in [0.25, 0.3) is 0 Å². The number of hydrogen-bond donors (Lipinski definition) is 2. The molecule has 0 fully saturated rings. The fourth-order valence-corrected chi connectivity index (χ4v) is 2.77. The molecule has 0 spiro atoms. The molecule has 0 saturated carbocycles. The number of nitrogens with two attached hydrogens (primary N) is 1. The van der Waals surface area contributed by atoms with E-state index in [-0.39, 0.29) is 11.8 Å². The molecule has 0 atom stereocenters. The first-order valence-corrected chi connectivity index (χ1v) is 11.0. The molecule has 0 radical (unpaired) electrons. The smallest absolute Gasteiger partial charge is 0.255 e. The van der Waals surface area contributed by atoms with Crippen molar-refractivity contribution >= 4 is 29.1 Å². The van der Waals surface area contributed by atoms with Crippen molar-refractivity contribution in [3.05, 3.63) is 125 Å². The van der Waals surface area contributed by atoms with E-state index in [1.54, 1.807) is 87.0 Å². The first kappa shape index (κ1) is 27.0. The summed E-state index contributed by atoms with van der Waals surface area (Å²) in [6, 6.07) is 32.3. The molecule has 6 nitrogen and oxygen atoms in total. The van der Waals surface area contributed by atoms with Gasteiger partial charge < -0.3 is 20.5 Å². The van der Waals surface area contributed by atoms with Gasteiger partial charge in [0.05, 0.1) is 14.2 Å². The molecule has 0 aromatic heterocycles. The van der Waals surface area contributed by atoms with Gasteiger partial charge >= 0.3 is 0 Å². The van der Waals surface area contributed by atoms with E-state index in [1.807, 2.05) is 36.4 Å². The first-order chi connectivity index (χ1) is 16.9. The van der Waals surface area contributed by atoms with Crippen molar-refractivity contribution < 1.29 is 19.1 Å². The number of hydrogen-bond acceptors (Lipinski definition) is 4. The van der Waals surface area contributed by atoms with Crippen LogP contribution in [0.15, 0.2) is 109 Å². The number of methoxy groups -OCH3 is 2. The highest BCUT2D eigenvalue weighted by Gasteiger charge is 2.04. The molecule has 0 heterocycles. The van der Waals surface area contributed by atoms with Crippen LogP contribution in [0.4, 0.5) is 5.69 Å². The summed E-state index contributed by atoms with van der Waals surface area (Å²) in [5.74, 6) is 1.11. The van der Waals surface area contributed by atoms with Gasteiger partial charge in [0.2, 0.25) is 5.91 Å². The Hall–Kier alpha value is -4.29. The van der Waals surface area contributed by atoms with Gasteiger partial charge in [0.25, 0.3) is 5.91 Å². The van der Waals surface area contributed by atoms with Crippen molar-refractivity contribution in [2.75, 3.05) is 19.5 Å². The summed E-state index contributed by atoms with van der Waals surface area (Å²) >= 11 is 5.61. The highest BCUT2D eigenvalue weighted by molar-refractivity contribution is 6.30. The molecule has 4 aromatic rings. The number of benzene rings is 4. The molecule has 180 valence electrons. The van der Waals surface area contributed by atoms with Gasteiger partial charge in [-0.25, -0.2) is 0 Å². The van der Waals surface area contributed by atoms with Gasteiger partial charge in [0.1, 0.15) is 11.5 Å². The van der Waals surface area contributed by atoms with Gasteiger partial charge in [-0.1, -0.05) is 48.0 Å². The van der Waals surface area contributed by atoms with Crippen LogP contribution >= 0.6 is 11.6 Å². The van der Waals surface area contributed by atoms with Crippen molar-refractivity contribution in [3.8, 4) is 11.5 Å². The van der Waals surface area contributed by atoms with Crippen LogP contribution < -0.4 is 20.5 Å². The summed E-state index contributed by atoms with van der Waals surface area (Å²) in [6.07, 6.45) is 0. The zero-order valence-electron chi connectivity index (χ0n) is 19.5. The van der Waals surface area contributed by atoms with Crippen LogP contribution in [0.1, 0.15) is 20.7 Å². The summed E-state index contributed by atoms with van der Waals surface area (Å²) < 4.78 is 9.96. The Kier molecular flexibility index (Phi) is 11.4. The lowest BCUT2D eigenvalue weighted by Crippen LogP contribution is -2.11. The Bertz CT molecular complexity index is 1170. The number of halogens is 1. The minimum Gasteiger partial charge on any atom is -0.497 e. The molecule has 0 saturated heterocycles. The molecular formula is C28H27ClN2O4. The van der Waals surface area contributed by atoms with E-state index in [9.17, 15) is 9.59 Å². The topological polar surface area (TPSA) is 90.7 Å². The predicted molar refractivity (Wildman–Crippen MR) is 140 cm³/mol. The van der Waals surface area contributed by atoms with Crippen molar-refractivity contribution in [3.63, 3.8) is 0 Å². The lowest BCUT2D eigenvalue weighted by atomic mass is 10.2. The quantitative estimate of drug-likeness (QED) is 0.354. The standard InChI is InChI=1S/C14H13NO2.C7H7ClO.C7H7NO/c1-17-13-9-7-12(8-10-13)15-14(16)11-5-3-2-4-6-11;1-9-7-4-2-6(8)3-5-7;8-7(9)6-4-2-1-3-5-6/h2-10H,1H3,(H,15,16);2-5H,1H3;1-5H,(H2,8,9). The SMILES string of the molecule is COc1ccc(Cl)cc1.COc1ccc(NC(=O)c2ccccc2)cc1.NC(=O)c1ccccc1. The highest BCUT2D eigenvalue weighted by Crippen LogP contribution is 2.16. The Morgan fingerprint density at radius 1 is 0.657 bits per heavy atom. The number of carbonyl (C=O) groups excluding carboxylic acids is 2. The second-order valence-electron chi connectivity index (χ2n) is 6.94. The van der Waals surface area contributed by atoms with Crippen LogP contribution in [-0.2, 0) is 0 Å². The molecule has 0 unspecified atom stereocenters. The van der Waals surface area contributed by atoms with E-state index < -0.39 is 0 Å². The van der Waals surface area contributed by atoms with Gasteiger partial charge in [-0.05, 0) is 72.8 Å². The minimum absolute atomic E-state index is 0.115. The van der Waals surface area contributed by atoms with E-state index in [1.165, 1.54) is 0 Å². The third kappa shape index (κ3) is 10.0. The molecule has 0 aliphatic rings. The van der Waals surface area contributed by atoms with Crippen LogP contribution in [0.2, 0.25) is 5.02 Å². The lowest BCUT2D eigenvalue weighted by Gasteiger charge is -2.06. The first-order valence-electron chi connectivity index (χ1n) is 10.6. The Labute approximate surface area is 210 Å². The number of ether oxygens (including phenoxy) is 2. The summed E-state index contributed by atoms with van der Waals surface area (Å²) in [6.45, 7) is 0. The zero-order chi connectivity index (χ0) is 25.5. The van der Waals surface area contributed by atoms with Crippen LogP contribution in [-0.4, -0.2) is 26.0 Å². The van der Waals surface area contributed by atoms with Gasteiger partial charge in [-0.3, -0.25) is 9.59 Å². The molecule has 4 rings (SSSR count). The van der Waals surface area contributed by atoms with E-state index in [2.05, 4.69) is 5.32 Å². The van der Waals surface area contributed by atoms with Gasteiger partial charge in [0.15, 0.2) is 0 Å². The summed E-state index contributed by atoms with van der Waals surface area (Å²) in [7, 11) is 3.24. The predicted octanol–water partition coefficient (Wildman–Crippen LogP) is 6.08. The summed E-state index contributed by atoms with van der Waals surface area (Å²) in [4.78, 5) is 22.2. The third-order valence-electron chi connectivity index (χ3n) is 4.49. The number of anilines is 1. The Balaban J connectivity index is 0.000000203. The lowest BCUT2D eigenvalue weighted by molar-refractivity contribution is 0.0997. The number of rotatable bonds is 5. The zero-order valence-corrected chi connectivity index (χ0v) is 20.2. The molecule has 4 aromatic carbocycles. The molecule has 3 N–H and O–H groups in total. The molecule has 0 aliphatic carbocycles. The fraction of sp³-hybridized carbons (Fsp3) is 0.0714. The van der Waals surface area contributed by atoms with E-state index in [0.29, 0.717) is 11.1 Å². The number of primary amides is 1. The van der Waals surface area contributed by atoms with Gasteiger partial charge in [-0.15, -0.1) is 0 Å². The van der Waals surface area contributed by atoms with Gasteiger partial charge in [-0.2, -0.15) is 0 Å². The van der Waals surface area contributed by atoms with E-state index in [0.717, 1.165) is 22.2 Å². The maximum atomic E-state index is 11.8. The van der Waals surface area contributed by atoms with E-state index in [4.69, 9.17) is 26.8 Å². The molecule has 7 heteroatoms. The second-order valence-corrected chi connectivity index (χ2v) is 7.37. The maximum Gasteiger partial charge on any atom is 0.255 e. The van der Waals surface area contributed by atoms with Crippen LogP contribution in [0.5, 0.6) is 11.5 Å². The Morgan fingerprint density at radius 2 is 1.09 bits per heavy atom.